The Morgan fingerprint density at radius 3 is 2.81 bits per heavy atom. The van der Waals surface area contributed by atoms with E-state index in [1.165, 1.54) is 6.07 Å². The summed E-state index contributed by atoms with van der Waals surface area (Å²) >= 11 is 5.94. The molecule has 0 saturated carbocycles. The number of aromatic nitrogens is 2. The molecule has 0 N–H and O–H groups in total. The summed E-state index contributed by atoms with van der Waals surface area (Å²) < 4.78 is 0. The third kappa shape index (κ3) is 4.17. The summed E-state index contributed by atoms with van der Waals surface area (Å²) in [5.74, 6) is 0.582. The van der Waals surface area contributed by atoms with E-state index in [1.807, 2.05) is 17.0 Å². The van der Waals surface area contributed by atoms with Crippen molar-refractivity contribution in [1.82, 2.24) is 9.97 Å². The number of hydrogen-bond acceptors (Lipinski definition) is 5. The molecule has 21 heavy (non-hydrogen) atoms. The molecule has 0 aliphatic carbocycles. The summed E-state index contributed by atoms with van der Waals surface area (Å²) in [5.41, 5.74) is 1.44. The van der Waals surface area contributed by atoms with Crippen molar-refractivity contribution in [3.05, 3.63) is 52.9 Å². The zero-order chi connectivity index (χ0) is 15.1. The molecular formula is C15H12ClN5. The van der Waals surface area contributed by atoms with Gasteiger partial charge in [0.25, 0.3) is 0 Å². The first kappa shape index (κ1) is 14.8. The molecule has 0 saturated heterocycles. The van der Waals surface area contributed by atoms with Crippen LogP contribution in [0.15, 0.2) is 36.7 Å². The van der Waals surface area contributed by atoms with Gasteiger partial charge in [-0.2, -0.15) is 10.5 Å². The summed E-state index contributed by atoms with van der Waals surface area (Å²) in [6.07, 6.45) is 3.82. The monoisotopic (exact) mass is 297 g/mol. The van der Waals surface area contributed by atoms with Crippen LogP contribution in [-0.2, 0) is 6.54 Å². The minimum Gasteiger partial charge on any atom is -0.351 e. The second-order valence-electron chi connectivity index (χ2n) is 4.34. The third-order valence-corrected chi connectivity index (χ3v) is 3.02. The molecule has 5 nitrogen and oxygen atoms in total. The molecule has 2 aromatic rings. The van der Waals surface area contributed by atoms with Crippen LogP contribution in [0.2, 0.25) is 5.15 Å². The van der Waals surface area contributed by atoms with E-state index in [0.717, 1.165) is 5.56 Å². The van der Waals surface area contributed by atoms with Crippen LogP contribution in [-0.4, -0.2) is 16.5 Å². The zero-order valence-electron chi connectivity index (χ0n) is 11.2. The van der Waals surface area contributed by atoms with Crippen molar-refractivity contribution < 1.29 is 0 Å². The van der Waals surface area contributed by atoms with Gasteiger partial charge in [-0.05, 0) is 23.8 Å². The Kier molecular flexibility index (Phi) is 5.09. The number of anilines is 1. The molecule has 0 amide bonds. The number of pyridine rings is 2. The minimum atomic E-state index is 0.261. The van der Waals surface area contributed by atoms with E-state index >= 15 is 0 Å². The topological polar surface area (TPSA) is 76.6 Å². The fourth-order valence-electron chi connectivity index (χ4n) is 1.88. The molecule has 2 aromatic heterocycles. The summed E-state index contributed by atoms with van der Waals surface area (Å²) in [6, 6.07) is 11.1. The Morgan fingerprint density at radius 2 is 2.14 bits per heavy atom. The highest BCUT2D eigenvalue weighted by Crippen LogP contribution is 2.20. The van der Waals surface area contributed by atoms with Gasteiger partial charge in [0.1, 0.15) is 11.0 Å². The zero-order valence-corrected chi connectivity index (χ0v) is 12.0. The molecule has 6 heteroatoms. The Labute approximate surface area is 128 Å². The van der Waals surface area contributed by atoms with Crippen LogP contribution in [0.3, 0.4) is 0 Å². The van der Waals surface area contributed by atoms with E-state index in [4.69, 9.17) is 22.1 Å². The van der Waals surface area contributed by atoms with Crippen LogP contribution >= 0.6 is 11.6 Å². The first-order chi connectivity index (χ1) is 10.2. The molecule has 104 valence electrons. The molecule has 0 aliphatic rings. The standard InChI is InChI=1S/C15H12ClN5/c16-14-7-13(9-18)8-15(20-14)21(6-2-4-17)11-12-3-1-5-19-10-12/h1,3,5,7-8,10H,2,6,11H2. The predicted octanol–water partition coefficient (Wildman–Crippen LogP) is 2.92. The summed E-state index contributed by atoms with van der Waals surface area (Å²) in [4.78, 5) is 10.2. The largest absolute Gasteiger partial charge is 0.351 e. The van der Waals surface area contributed by atoms with E-state index in [9.17, 15) is 0 Å². The van der Waals surface area contributed by atoms with Gasteiger partial charge < -0.3 is 4.90 Å². The molecule has 0 radical (unpaired) electrons. The van der Waals surface area contributed by atoms with E-state index in [1.54, 1.807) is 18.5 Å². The number of rotatable bonds is 5. The van der Waals surface area contributed by atoms with Crippen molar-refractivity contribution in [3.8, 4) is 12.1 Å². The minimum absolute atomic E-state index is 0.261. The van der Waals surface area contributed by atoms with Crippen LogP contribution in [0, 0.1) is 22.7 Å². The molecule has 0 atom stereocenters. The fourth-order valence-corrected chi connectivity index (χ4v) is 2.09. The smallest absolute Gasteiger partial charge is 0.132 e. The predicted molar refractivity (Wildman–Crippen MR) is 79.5 cm³/mol. The molecule has 2 rings (SSSR count). The van der Waals surface area contributed by atoms with Gasteiger partial charge in [-0.15, -0.1) is 0 Å². The lowest BCUT2D eigenvalue weighted by atomic mass is 10.2. The van der Waals surface area contributed by atoms with Gasteiger partial charge in [0.05, 0.1) is 24.1 Å². The van der Waals surface area contributed by atoms with E-state index < -0.39 is 0 Å². The van der Waals surface area contributed by atoms with Crippen molar-refractivity contribution in [2.45, 2.75) is 13.0 Å². The highest BCUT2D eigenvalue weighted by molar-refractivity contribution is 6.29. The average molecular weight is 298 g/mol. The molecule has 0 aliphatic heterocycles. The Hall–Kier alpha value is -2.63. The Balaban J connectivity index is 2.30. The first-order valence-corrected chi connectivity index (χ1v) is 6.69. The SMILES string of the molecule is N#CCCN(Cc1cccnc1)c1cc(C#N)cc(Cl)n1. The third-order valence-electron chi connectivity index (χ3n) is 2.82. The quantitative estimate of drug-likeness (QED) is 0.793. The molecule has 0 aromatic carbocycles. The Bertz CT molecular complexity index is 687. The number of hydrogen-bond donors (Lipinski definition) is 0. The van der Waals surface area contributed by atoms with E-state index in [-0.39, 0.29) is 5.15 Å². The summed E-state index contributed by atoms with van der Waals surface area (Å²) in [6.45, 7) is 1.05. The number of nitriles is 2. The molecule has 0 spiro atoms. The van der Waals surface area contributed by atoms with Crippen LogP contribution in [0.1, 0.15) is 17.5 Å². The summed E-state index contributed by atoms with van der Waals surface area (Å²) in [7, 11) is 0. The van der Waals surface area contributed by atoms with Gasteiger partial charge in [-0.3, -0.25) is 4.98 Å². The maximum Gasteiger partial charge on any atom is 0.132 e. The van der Waals surface area contributed by atoms with Crippen molar-refractivity contribution in [2.75, 3.05) is 11.4 Å². The van der Waals surface area contributed by atoms with Crippen molar-refractivity contribution >= 4 is 17.4 Å². The highest BCUT2D eigenvalue weighted by Gasteiger charge is 2.11. The lowest BCUT2D eigenvalue weighted by Crippen LogP contribution is -2.25. The van der Waals surface area contributed by atoms with Gasteiger partial charge in [0, 0.05) is 25.5 Å². The van der Waals surface area contributed by atoms with E-state index in [2.05, 4.69) is 22.1 Å². The fraction of sp³-hybridized carbons (Fsp3) is 0.200. The maximum atomic E-state index is 9.02. The van der Waals surface area contributed by atoms with E-state index in [0.29, 0.717) is 30.9 Å². The molecule has 0 unspecified atom stereocenters. The molecular weight excluding hydrogens is 286 g/mol. The molecule has 0 bridgehead atoms. The van der Waals surface area contributed by atoms with Crippen molar-refractivity contribution in [1.29, 1.82) is 10.5 Å². The second-order valence-corrected chi connectivity index (χ2v) is 4.73. The highest BCUT2D eigenvalue weighted by atomic mass is 35.5. The number of halogens is 1. The van der Waals surface area contributed by atoms with Gasteiger partial charge in [0.2, 0.25) is 0 Å². The lowest BCUT2D eigenvalue weighted by Gasteiger charge is -2.23. The molecule has 2 heterocycles. The van der Waals surface area contributed by atoms with Gasteiger partial charge in [0.15, 0.2) is 0 Å². The lowest BCUT2D eigenvalue weighted by molar-refractivity contribution is 0.780. The van der Waals surface area contributed by atoms with Crippen molar-refractivity contribution in [2.24, 2.45) is 0 Å². The normalized spacial score (nSPS) is 9.67. The van der Waals surface area contributed by atoms with Crippen molar-refractivity contribution in [3.63, 3.8) is 0 Å². The summed E-state index contributed by atoms with van der Waals surface area (Å²) in [5, 5.41) is 18.1. The van der Waals surface area contributed by atoms with Gasteiger partial charge in [-0.25, -0.2) is 4.98 Å². The first-order valence-electron chi connectivity index (χ1n) is 6.31. The van der Waals surface area contributed by atoms with Crippen LogP contribution < -0.4 is 4.90 Å². The van der Waals surface area contributed by atoms with Gasteiger partial charge in [-0.1, -0.05) is 17.7 Å². The molecule has 0 fully saturated rings. The number of nitrogens with zero attached hydrogens (tertiary/aromatic N) is 5. The average Bonchev–Trinajstić information content (AvgIpc) is 2.51. The second kappa shape index (κ2) is 7.23. The maximum absolute atomic E-state index is 9.02. The van der Waals surface area contributed by atoms with Crippen LogP contribution in [0.4, 0.5) is 5.82 Å². The van der Waals surface area contributed by atoms with Crippen LogP contribution in [0.5, 0.6) is 0 Å². The van der Waals surface area contributed by atoms with Gasteiger partial charge >= 0.3 is 0 Å². The van der Waals surface area contributed by atoms with Crippen LogP contribution in [0.25, 0.3) is 0 Å². The Morgan fingerprint density at radius 1 is 1.29 bits per heavy atom.